The third-order valence-corrected chi connectivity index (χ3v) is 9.33. The Morgan fingerprint density at radius 3 is 2.10 bits per heavy atom. The second-order valence-corrected chi connectivity index (χ2v) is 12.0. The molecular formula is C34H40F4OS. The lowest BCUT2D eigenvalue weighted by Gasteiger charge is -2.29. The van der Waals surface area contributed by atoms with Crippen molar-refractivity contribution in [1.29, 1.82) is 0 Å². The van der Waals surface area contributed by atoms with Gasteiger partial charge in [0.05, 0.1) is 6.61 Å². The molecule has 1 nitrogen and oxygen atoms in total. The van der Waals surface area contributed by atoms with Gasteiger partial charge in [0.1, 0.15) is 0 Å². The monoisotopic (exact) mass is 572 g/mol. The summed E-state index contributed by atoms with van der Waals surface area (Å²) in [5.41, 5.74) is 2.77. The molecule has 40 heavy (non-hydrogen) atoms. The van der Waals surface area contributed by atoms with Gasteiger partial charge in [-0.3, -0.25) is 0 Å². The number of hydrogen-bond acceptors (Lipinski definition) is 2. The number of benzene rings is 3. The summed E-state index contributed by atoms with van der Waals surface area (Å²) in [5, 5.41) is -0.243. The highest BCUT2D eigenvalue weighted by atomic mass is 32.2. The lowest BCUT2D eigenvalue weighted by molar-refractivity contribution is 0.284. The number of unbranched alkanes of at least 4 members (excludes halogenated alkanes) is 5. The molecule has 216 valence electrons. The van der Waals surface area contributed by atoms with E-state index in [0.29, 0.717) is 41.9 Å². The van der Waals surface area contributed by atoms with Gasteiger partial charge in [0, 0.05) is 22.1 Å². The number of halogens is 4. The molecule has 1 aliphatic heterocycles. The van der Waals surface area contributed by atoms with Crippen LogP contribution in [0.1, 0.15) is 99.5 Å². The van der Waals surface area contributed by atoms with Crippen molar-refractivity contribution < 1.29 is 22.3 Å². The van der Waals surface area contributed by atoms with Gasteiger partial charge in [0.25, 0.3) is 0 Å². The molecule has 1 saturated heterocycles. The van der Waals surface area contributed by atoms with Gasteiger partial charge in [0.2, 0.25) is 5.82 Å². The van der Waals surface area contributed by atoms with Crippen LogP contribution in [0.25, 0.3) is 11.1 Å². The van der Waals surface area contributed by atoms with Gasteiger partial charge in [-0.05, 0) is 60.8 Å². The van der Waals surface area contributed by atoms with Gasteiger partial charge in [-0.25, -0.2) is 13.2 Å². The average molecular weight is 573 g/mol. The van der Waals surface area contributed by atoms with E-state index in [1.54, 1.807) is 18.2 Å². The highest BCUT2D eigenvalue weighted by Gasteiger charge is 2.30. The van der Waals surface area contributed by atoms with Crippen molar-refractivity contribution in [2.24, 2.45) is 0 Å². The summed E-state index contributed by atoms with van der Waals surface area (Å²) >= 11 is 1.46. The molecule has 0 aromatic heterocycles. The summed E-state index contributed by atoms with van der Waals surface area (Å²) < 4.78 is 65.6. The molecule has 0 bridgehead atoms. The molecule has 0 N–H and O–H groups in total. The maximum Gasteiger partial charge on any atom is 0.200 e. The van der Waals surface area contributed by atoms with Crippen molar-refractivity contribution >= 4 is 11.8 Å². The fraction of sp³-hybridized carbons (Fsp3) is 0.471. The minimum atomic E-state index is -0.951. The standard InChI is InChI=1S/C34H40F4OS/c1-3-5-7-9-21-39-29-19-18-28(33(37)34(29)38)30-20-15-25(22-40-30)27-17-16-26(31(35)32(27)36)24-13-11-23(12-14-24)10-8-6-4-2/h11-14,16-19,25,30H,3-10,15,20-22H2,1-2H3. The zero-order valence-electron chi connectivity index (χ0n) is 23.6. The summed E-state index contributed by atoms with van der Waals surface area (Å²) in [6, 6.07) is 14.1. The largest absolute Gasteiger partial charge is 0.490 e. The predicted octanol–water partition coefficient (Wildman–Crippen LogP) is 11.0. The molecule has 4 rings (SSSR count). The lowest BCUT2D eigenvalue weighted by atomic mass is 9.90. The van der Waals surface area contributed by atoms with E-state index in [4.69, 9.17) is 4.74 Å². The Morgan fingerprint density at radius 1 is 0.700 bits per heavy atom. The van der Waals surface area contributed by atoms with Gasteiger partial charge >= 0.3 is 0 Å². The van der Waals surface area contributed by atoms with Gasteiger partial charge in [-0.1, -0.05) is 88.4 Å². The summed E-state index contributed by atoms with van der Waals surface area (Å²) in [6.45, 7) is 4.64. The zero-order valence-corrected chi connectivity index (χ0v) is 24.4. The van der Waals surface area contributed by atoms with E-state index >= 15 is 8.78 Å². The van der Waals surface area contributed by atoms with Crippen molar-refractivity contribution in [1.82, 2.24) is 0 Å². The minimum Gasteiger partial charge on any atom is -0.490 e. The van der Waals surface area contributed by atoms with Crippen molar-refractivity contribution in [3.63, 3.8) is 0 Å². The molecule has 0 saturated carbocycles. The van der Waals surface area contributed by atoms with Crippen molar-refractivity contribution in [3.8, 4) is 16.9 Å². The number of ether oxygens (including phenoxy) is 1. The van der Waals surface area contributed by atoms with E-state index in [2.05, 4.69) is 13.8 Å². The van der Waals surface area contributed by atoms with Crippen LogP contribution in [-0.4, -0.2) is 12.4 Å². The third-order valence-electron chi connectivity index (χ3n) is 7.84. The topological polar surface area (TPSA) is 9.23 Å². The molecule has 2 atom stereocenters. The van der Waals surface area contributed by atoms with Crippen LogP contribution in [0.2, 0.25) is 0 Å². The molecule has 2 unspecified atom stereocenters. The van der Waals surface area contributed by atoms with Crippen molar-refractivity contribution in [2.75, 3.05) is 12.4 Å². The SMILES string of the molecule is CCCCCCOc1ccc(C2CCC(c3ccc(-c4ccc(CCCCC)cc4)c(F)c3F)CS2)c(F)c1F. The van der Waals surface area contributed by atoms with E-state index in [0.717, 1.165) is 44.9 Å². The lowest BCUT2D eigenvalue weighted by Crippen LogP contribution is -2.15. The van der Waals surface area contributed by atoms with Crippen molar-refractivity contribution in [2.45, 2.75) is 89.2 Å². The Morgan fingerprint density at radius 2 is 1.40 bits per heavy atom. The molecule has 0 radical (unpaired) electrons. The van der Waals surface area contributed by atoms with Crippen LogP contribution < -0.4 is 4.74 Å². The number of aryl methyl sites for hydroxylation is 1. The fourth-order valence-electron chi connectivity index (χ4n) is 5.39. The molecule has 0 spiro atoms. The molecule has 1 fully saturated rings. The van der Waals surface area contributed by atoms with Gasteiger partial charge < -0.3 is 4.74 Å². The molecule has 3 aromatic carbocycles. The Kier molecular flexibility index (Phi) is 11.4. The highest BCUT2D eigenvalue weighted by molar-refractivity contribution is 7.99. The smallest absolute Gasteiger partial charge is 0.200 e. The Labute approximate surface area is 240 Å². The third kappa shape index (κ3) is 7.43. The first-order valence-electron chi connectivity index (χ1n) is 14.7. The predicted molar refractivity (Wildman–Crippen MR) is 158 cm³/mol. The molecular weight excluding hydrogens is 532 g/mol. The Balaban J connectivity index is 1.38. The van der Waals surface area contributed by atoms with E-state index in [9.17, 15) is 8.78 Å². The van der Waals surface area contributed by atoms with Gasteiger partial charge in [0.15, 0.2) is 23.2 Å². The van der Waals surface area contributed by atoms with Gasteiger partial charge in [-0.15, -0.1) is 0 Å². The normalized spacial score (nSPS) is 17.2. The zero-order chi connectivity index (χ0) is 28.5. The minimum absolute atomic E-state index is 0.0554. The van der Waals surface area contributed by atoms with E-state index in [1.165, 1.54) is 29.8 Å². The summed E-state index contributed by atoms with van der Waals surface area (Å²) in [6.07, 6.45) is 9.54. The highest BCUT2D eigenvalue weighted by Crippen LogP contribution is 2.46. The van der Waals surface area contributed by atoms with Crippen LogP contribution in [0.5, 0.6) is 5.75 Å². The number of thioether (sulfide) groups is 1. The maximum atomic E-state index is 15.3. The quantitative estimate of drug-likeness (QED) is 0.149. The first-order chi connectivity index (χ1) is 19.4. The van der Waals surface area contributed by atoms with Crippen LogP contribution in [0, 0.1) is 23.3 Å². The van der Waals surface area contributed by atoms with Crippen LogP contribution in [0.4, 0.5) is 17.6 Å². The molecule has 0 aliphatic carbocycles. The Hall–Kier alpha value is -2.47. The number of hydrogen-bond donors (Lipinski definition) is 0. The first-order valence-corrected chi connectivity index (χ1v) is 15.8. The fourth-order valence-corrected chi connectivity index (χ4v) is 6.87. The van der Waals surface area contributed by atoms with Crippen LogP contribution in [0.3, 0.4) is 0 Å². The van der Waals surface area contributed by atoms with Crippen molar-refractivity contribution in [3.05, 3.63) is 88.5 Å². The molecule has 1 heterocycles. The summed E-state index contributed by atoms with van der Waals surface area (Å²) in [7, 11) is 0. The van der Waals surface area contributed by atoms with Crippen LogP contribution >= 0.6 is 11.8 Å². The second kappa shape index (κ2) is 15.0. The average Bonchev–Trinajstić information content (AvgIpc) is 2.97. The molecule has 1 aliphatic rings. The first kappa shape index (κ1) is 30.5. The van der Waals surface area contributed by atoms with Crippen LogP contribution in [0.15, 0.2) is 48.5 Å². The molecule has 6 heteroatoms. The van der Waals surface area contributed by atoms with E-state index in [-0.39, 0.29) is 22.5 Å². The summed E-state index contributed by atoms with van der Waals surface area (Å²) in [4.78, 5) is 0. The van der Waals surface area contributed by atoms with Gasteiger partial charge in [-0.2, -0.15) is 16.2 Å². The molecule has 0 amide bonds. The number of rotatable bonds is 13. The second-order valence-electron chi connectivity index (χ2n) is 10.8. The van der Waals surface area contributed by atoms with E-state index < -0.39 is 23.3 Å². The maximum absolute atomic E-state index is 15.3. The van der Waals surface area contributed by atoms with Crippen LogP contribution in [-0.2, 0) is 6.42 Å². The Bertz CT molecular complexity index is 1240. The van der Waals surface area contributed by atoms with E-state index in [1.807, 2.05) is 24.3 Å². The molecule has 3 aromatic rings. The summed E-state index contributed by atoms with van der Waals surface area (Å²) in [5.74, 6) is -3.21.